The Hall–Kier alpha value is -2.48. The van der Waals surface area contributed by atoms with Crippen molar-refractivity contribution in [3.63, 3.8) is 0 Å². The lowest BCUT2D eigenvalue weighted by atomic mass is 10.2. The Labute approximate surface area is 120 Å². The van der Waals surface area contributed by atoms with E-state index < -0.39 is 6.09 Å². The number of benzene rings is 1. The summed E-state index contributed by atoms with van der Waals surface area (Å²) in [6.07, 6.45) is 1.61. The highest BCUT2D eigenvalue weighted by molar-refractivity contribution is 5.84. The number of carbonyl (C=O) groups excluding carboxylic acids is 1. The maximum Gasteiger partial charge on any atom is 0.411 e. The molecule has 0 spiro atoms. The van der Waals surface area contributed by atoms with Crippen molar-refractivity contribution in [3.8, 4) is 11.4 Å². The molecule has 1 aromatic heterocycles. The van der Waals surface area contributed by atoms with Gasteiger partial charge in [0.15, 0.2) is 5.82 Å². The fraction of sp³-hybridized carbons (Fsp3) is 0.385. The third kappa shape index (κ3) is 3.16. The molecule has 21 heavy (non-hydrogen) atoms. The van der Waals surface area contributed by atoms with Crippen LogP contribution < -0.4 is 5.32 Å². The smallest absolute Gasteiger partial charge is 0.411 e. The van der Waals surface area contributed by atoms with E-state index in [0.29, 0.717) is 11.7 Å². The number of carbonyl (C=O) groups is 1. The lowest BCUT2D eigenvalue weighted by Crippen LogP contribution is -2.15. The lowest BCUT2D eigenvalue weighted by Gasteiger charge is -2.07. The van der Waals surface area contributed by atoms with Gasteiger partial charge in [0.05, 0.1) is 12.6 Å². The first kappa shape index (κ1) is 13.5. The van der Waals surface area contributed by atoms with Gasteiger partial charge in [0.25, 0.3) is 0 Å². The summed E-state index contributed by atoms with van der Waals surface area (Å²) in [5, 5.41) is 22.9. The fourth-order valence-electron chi connectivity index (χ4n) is 1.94. The average molecular weight is 289 g/mol. The quantitative estimate of drug-likeness (QED) is 0.858. The van der Waals surface area contributed by atoms with Gasteiger partial charge in [0.2, 0.25) is 0 Å². The van der Waals surface area contributed by atoms with E-state index in [1.54, 1.807) is 12.1 Å². The second-order valence-electron chi connectivity index (χ2n) is 4.74. The summed E-state index contributed by atoms with van der Waals surface area (Å²) in [4.78, 5) is 11.4. The van der Waals surface area contributed by atoms with Crippen molar-refractivity contribution in [2.45, 2.75) is 18.9 Å². The zero-order chi connectivity index (χ0) is 14.7. The molecule has 3 rings (SSSR count). The van der Waals surface area contributed by atoms with Gasteiger partial charge in [-0.25, -0.2) is 9.48 Å². The number of tetrazole rings is 1. The molecule has 0 radical (unpaired) electrons. The van der Waals surface area contributed by atoms with E-state index in [0.717, 1.165) is 24.2 Å². The highest BCUT2D eigenvalue weighted by atomic mass is 16.6. The summed E-state index contributed by atoms with van der Waals surface area (Å²) in [5.41, 5.74) is 1.49. The molecule has 8 nitrogen and oxygen atoms in total. The third-order valence-corrected chi connectivity index (χ3v) is 3.10. The molecule has 0 bridgehead atoms. The summed E-state index contributed by atoms with van der Waals surface area (Å²) in [6.45, 7) is -0.226. The molecule has 1 heterocycles. The summed E-state index contributed by atoms with van der Waals surface area (Å²) in [5.74, 6) is 0.729. The SMILES string of the molecule is O=C(Nc1ccc(-c2nnnn2C2CC2)cc1)OCCO. The van der Waals surface area contributed by atoms with Crippen molar-refractivity contribution in [1.29, 1.82) is 0 Å². The molecule has 0 aliphatic heterocycles. The highest BCUT2D eigenvalue weighted by Crippen LogP contribution is 2.36. The second-order valence-corrected chi connectivity index (χ2v) is 4.74. The van der Waals surface area contributed by atoms with Gasteiger partial charge in [0.1, 0.15) is 6.61 Å². The Balaban J connectivity index is 1.69. The number of amides is 1. The molecule has 0 saturated heterocycles. The van der Waals surface area contributed by atoms with Crippen molar-refractivity contribution in [3.05, 3.63) is 24.3 Å². The maximum absolute atomic E-state index is 11.4. The predicted octanol–water partition coefficient (Wildman–Crippen LogP) is 1.22. The molecule has 2 N–H and O–H groups in total. The number of anilines is 1. The molecule has 2 aromatic rings. The van der Waals surface area contributed by atoms with Gasteiger partial charge in [-0.15, -0.1) is 5.10 Å². The molecule has 110 valence electrons. The Morgan fingerprint density at radius 3 is 2.81 bits per heavy atom. The minimum Gasteiger partial charge on any atom is -0.447 e. The predicted molar refractivity (Wildman–Crippen MR) is 73.6 cm³/mol. The van der Waals surface area contributed by atoms with Crippen LogP contribution in [0.4, 0.5) is 10.5 Å². The molecule has 1 amide bonds. The number of aromatic nitrogens is 4. The van der Waals surface area contributed by atoms with Gasteiger partial charge < -0.3 is 9.84 Å². The molecule has 0 unspecified atom stereocenters. The third-order valence-electron chi connectivity index (χ3n) is 3.10. The normalized spacial score (nSPS) is 14.0. The first-order valence-electron chi connectivity index (χ1n) is 6.71. The van der Waals surface area contributed by atoms with Crippen LogP contribution in [0.15, 0.2) is 24.3 Å². The zero-order valence-electron chi connectivity index (χ0n) is 11.3. The molecule has 1 aromatic carbocycles. The number of nitrogens with zero attached hydrogens (tertiary/aromatic N) is 4. The Bertz CT molecular complexity index is 621. The van der Waals surface area contributed by atoms with Gasteiger partial charge in [-0.05, 0) is 47.5 Å². The van der Waals surface area contributed by atoms with Gasteiger partial charge in [-0.2, -0.15) is 0 Å². The molecule has 8 heteroatoms. The molecule has 1 aliphatic carbocycles. The molecule has 1 saturated carbocycles. The lowest BCUT2D eigenvalue weighted by molar-refractivity contribution is 0.131. The zero-order valence-corrected chi connectivity index (χ0v) is 11.3. The highest BCUT2D eigenvalue weighted by Gasteiger charge is 2.28. The summed E-state index contributed by atoms with van der Waals surface area (Å²) in [7, 11) is 0. The Morgan fingerprint density at radius 1 is 1.38 bits per heavy atom. The average Bonchev–Trinajstić information content (AvgIpc) is 3.23. The van der Waals surface area contributed by atoms with Crippen molar-refractivity contribution in [2.24, 2.45) is 0 Å². The molecule has 1 fully saturated rings. The van der Waals surface area contributed by atoms with Crippen LogP contribution in [0.25, 0.3) is 11.4 Å². The van der Waals surface area contributed by atoms with E-state index in [2.05, 4.69) is 20.8 Å². The fourth-order valence-corrected chi connectivity index (χ4v) is 1.94. The monoisotopic (exact) mass is 289 g/mol. The van der Waals surface area contributed by atoms with Crippen LogP contribution in [-0.4, -0.2) is 44.6 Å². The number of aliphatic hydroxyl groups is 1. The van der Waals surface area contributed by atoms with Crippen LogP contribution in [0.1, 0.15) is 18.9 Å². The van der Waals surface area contributed by atoms with E-state index in [-0.39, 0.29) is 13.2 Å². The van der Waals surface area contributed by atoms with Crippen molar-refractivity contribution >= 4 is 11.8 Å². The molecule has 0 atom stereocenters. The van der Waals surface area contributed by atoms with Gasteiger partial charge in [0, 0.05) is 11.3 Å². The van der Waals surface area contributed by atoms with Crippen molar-refractivity contribution in [1.82, 2.24) is 20.2 Å². The summed E-state index contributed by atoms with van der Waals surface area (Å²) in [6, 6.07) is 7.59. The number of aliphatic hydroxyl groups excluding tert-OH is 1. The van der Waals surface area contributed by atoms with Crippen LogP contribution in [0.5, 0.6) is 0 Å². The first-order chi connectivity index (χ1) is 10.3. The van der Waals surface area contributed by atoms with Crippen LogP contribution >= 0.6 is 0 Å². The van der Waals surface area contributed by atoms with E-state index in [9.17, 15) is 4.79 Å². The van der Waals surface area contributed by atoms with E-state index in [1.807, 2.05) is 16.8 Å². The minimum atomic E-state index is -0.598. The number of hydrogen-bond acceptors (Lipinski definition) is 6. The van der Waals surface area contributed by atoms with Crippen LogP contribution in [-0.2, 0) is 4.74 Å². The number of rotatable bonds is 5. The summed E-state index contributed by atoms with van der Waals surface area (Å²) >= 11 is 0. The van der Waals surface area contributed by atoms with Gasteiger partial charge in [-0.1, -0.05) is 0 Å². The Kier molecular flexibility index (Phi) is 3.78. The Morgan fingerprint density at radius 2 is 2.14 bits per heavy atom. The second kappa shape index (κ2) is 5.88. The number of ether oxygens (including phenoxy) is 1. The van der Waals surface area contributed by atoms with Crippen LogP contribution in [0.3, 0.4) is 0 Å². The molecule has 1 aliphatic rings. The van der Waals surface area contributed by atoms with E-state index in [1.165, 1.54) is 0 Å². The standard InChI is InChI=1S/C13H15N5O3/c19-7-8-21-13(20)14-10-3-1-9(2-4-10)12-15-16-17-18(12)11-5-6-11/h1-4,11,19H,5-8H2,(H,14,20). The van der Waals surface area contributed by atoms with E-state index in [4.69, 9.17) is 9.84 Å². The minimum absolute atomic E-state index is 0.0277. The topological polar surface area (TPSA) is 102 Å². The number of hydrogen-bond donors (Lipinski definition) is 2. The van der Waals surface area contributed by atoms with Crippen molar-refractivity contribution in [2.75, 3.05) is 18.5 Å². The summed E-state index contributed by atoms with van der Waals surface area (Å²) < 4.78 is 6.55. The van der Waals surface area contributed by atoms with Crippen LogP contribution in [0.2, 0.25) is 0 Å². The molecular weight excluding hydrogens is 274 g/mol. The number of nitrogens with one attached hydrogen (secondary N) is 1. The van der Waals surface area contributed by atoms with E-state index >= 15 is 0 Å². The van der Waals surface area contributed by atoms with Gasteiger partial charge in [-0.3, -0.25) is 5.32 Å². The van der Waals surface area contributed by atoms with Gasteiger partial charge >= 0.3 is 6.09 Å². The van der Waals surface area contributed by atoms with Crippen molar-refractivity contribution < 1.29 is 14.6 Å². The van der Waals surface area contributed by atoms with Crippen LogP contribution in [0, 0.1) is 0 Å². The molecular formula is C13H15N5O3. The largest absolute Gasteiger partial charge is 0.447 e. The first-order valence-corrected chi connectivity index (χ1v) is 6.71. The maximum atomic E-state index is 11.4.